The van der Waals surface area contributed by atoms with E-state index in [0.717, 1.165) is 0 Å². The van der Waals surface area contributed by atoms with Crippen LogP contribution in [0.25, 0.3) is 5.69 Å². The molecule has 0 bridgehead atoms. The number of halogens is 2. The average molecular weight is 387 g/mol. The van der Waals surface area contributed by atoms with Gasteiger partial charge in [0.05, 0.1) is 11.3 Å². The van der Waals surface area contributed by atoms with E-state index in [9.17, 15) is 18.4 Å². The number of carbonyl (C=O) groups excluding carboxylic acids is 2. The van der Waals surface area contributed by atoms with E-state index < -0.39 is 24.5 Å². The Kier molecular flexibility index (Phi) is 5.73. The van der Waals surface area contributed by atoms with Crippen LogP contribution in [0.15, 0.2) is 61.2 Å². The molecule has 0 saturated carbocycles. The highest BCUT2D eigenvalue weighted by molar-refractivity contribution is 6.01. The third-order valence-electron chi connectivity index (χ3n) is 3.80. The standard InChI is InChI=1S/C19H15F2N3O4/c1-12(17(25)13-4-8-16(9-5-13)28-19(20)21)27-18(26)14-2-6-15(7-3-14)24-11-22-10-23-24/h2-12,19H,1H3/t12-/m0/s1. The lowest BCUT2D eigenvalue weighted by molar-refractivity contribution is -0.0498. The zero-order chi connectivity index (χ0) is 20.1. The number of nitrogens with zero attached hydrogens (tertiary/aromatic N) is 3. The van der Waals surface area contributed by atoms with Gasteiger partial charge in [0.1, 0.15) is 18.4 Å². The van der Waals surface area contributed by atoms with Gasteiger partial charge in [-0.15, -0.1) is 0 Å². The Bertz CT molecular complexity index is 942. The molecule has 144 valence electrons. The highest BCUT2D eigenvalue weighted by Gasteiger charge is 2.20. The molecule has 1 heterocycles. The van der Waals surface area contributed by atoms with Crippen LogP contribution in [-0.4, -0.2) is 39.2 Å². The van der Waals surface area contributed by atoms with Gasteiger partial charge < -0.3 is 9.47 Å². The van der Waals surface area contributed by atoms with Crippen LogP contribution in [0.1, 0.15) is 27.6 Å². The second-order valence-electron chi connectivity index (χ2n) is 5.70. The van der Waals surface area contributed by atoms with Crippen molar-refractivity contribution < 1.29 is 27.8 Å². The SMILES string of the molecule is C[C@H](OC(=O)c1ccc(-n2cncn2)cc1)C(=O)c1ccc(OC(F)F)cc1. The normalized spacial score (nSPS) is 11.9. The first-order valence-corrected chi connectivity index (χ1v) is 8.19. The second kappa shape index (κ2) is 8.38. The molecule has 0 saturated heterocycles. The number of hydrogen-bond donors (Lipinski definition) is 0. The monoisotopic (exact) mass is 387 g/mol. The molecule has 0 fully saturated rings. The Morgan fingerprint density at radius 2 is 1.64 bits per heavy atom. The number of esters is 1. The van der Waals surface area contributed by atoms with Crippen LogP contribution < -0.4 is 4.74 Å². The molecule has 0 unspecified atom stereocenters. The number of benzene rings is 2. The van der Waals surface area contributed by atoms with Crippen molar-refractivity contribution in [2.24, 2.45) is 0 Å². The predicted octanol–water partition coefficient (Wildman–Crippen LogP) is 3.30. The highest BCUT2D eigenvalue weighted by Crippen LogP contribution is 2.17. The molecule has 0 amide bonds. The summed E-state index contributed by atoms with van der Waals surface area (Å²) in [6, 6.07) is 11.6. The number of ketones is 1. The van der Waals surface area contributed by atoms with Crippen molar-refractivity contribution in [2.45, 2.75) is 19.6 Å². The van der Waals surface area contributed by atoms with Gasteiger partial charge in [-0.25, -0.2) is 14.5 Å². The van der Waals surface area contributed by atoms with Crippen molar-refractivity contribution in [3.8, 4) is 11.4 Å². The Morgan fingerprint density at radius 3 is 2.21 bits per heavy atom. The van der Waals surface area contributed by atoms with Gasteiger partial charge in [-0.3, -0.25) is 4.79 Å². The van der Waals surface area contributed by atoms with Crippen LogP contribution in [0.4, 0.5) is 8.78 Å². The fourth-order valence-corrected chi connectivity index (χ4v) is 2.41. The summed E-state index contributed by atoms with van der Waals surface area (Å²) in [5, 5.41) is 3.98. The van der Waals surface area contributed by atoms with Crippen LogP contribution in [0.3, 0.4) is 0 Å². The highest BCUT2D eigenvalue weighted by atomic mass is 19.3. The van der Waals surface area contributed by atoms with Gasteiger partial charge in [0, 0.05) is 5.56 Å². The summed E-state index contributed by atoms with van der Waals surface area (Å²) in [5.41, 5.74) is 1.19. The maximum atomic E-state index is 12.4. The molecule has 0 spiro atoms. The summed E-state index contributed by atoms with van der Waals surface area (Å²) in [6.07, 6.45) is 1.86. The molecule has 0 aliphatic carbocycles. The predicted molar refractivity (Wildman–Crippen MR) is 93.6 cm³/mol. The Hall–Kier alpha value is -3.62. The number of ether oxygens (including phenoxy) is 2. The van der Waals surface area contributed by atoms with E-state index in [2.05, 4.69) is 14.8 Å². The van der Waals surface area contributed by atoms with Crippen molar-refractivity contribution in [1.82, 2.24) is 14.8 Å². The van der Waals surface area contributed by atoms with Crippen LogP contribution >= 0.6 is 0 Å². The molecule has 0 N–H and O–H groups in total. The minimum atomic E-state index is -2.95. The number of alkyl halides is 2. The maximum absolute atomic E-state index is 12.4. The van der Waals surface area contributed by atoms with Gasteiger partial charge in [-0.1, -0.05) is 0 Å². The third kappa shape index (κ3) is 4.56. The van der Waals surface area contributed by atoms with Crippen molar-refractivity contribution in [3.63, 3.8) is 0 Å². The molecule has 0 aliphatic rings. The number of carbonyl (C=O) groups is 2. The first-order chi connectivity index (χ1) is 13.4. The zero-order valence-corrected chi connectivity index (χ0v) is 14.7. The fourth-order valence-electron chi connectivity index (χ4n) is 2.41. The van der Waals surface area contributed by atoms with E-state index in [1.807, 2.05) is 0 Å². The summed E-state index contributed by atoms with van der Waals surface area (Å²) < 4.78 is 35.3. The minimum absolute atomic E-state index is 0.0660. The van der Waals surface area contributed by atoms with E-state index in [1.54, 1.807) is 24.3 Å². The van der Waals surface area contributed by atoms with Gasteiger partial charge in [0.25, 0.3) is 0 Å². The fraction of sp³-hybridized carbons (Fsp3) is 0.158. The molecular weight excluding hydrogens is 372 g/mol. The first-order valence-electron chi connectivity index (χ1n) is 8.19. The molecule has 3 rings (SSSR count). The molecule has 7 nitrogen and oxygen atoms in total. The van der Waals surface area contributed by atoms with Gasteiger partial charge in [-0.2, -0.15) is 13.9 Å². The number of aromatic nitrogens is 3. The lowest BCUT2D eigenvalue weighted by atomic mass is 10.1. The summed E-state index contributed by atoms with van der Waals surface area (Å²) in [5.74, 6) is -1.19. The molecule has 28 heavy (non-hydrogen) atoms. The quantitative estimate of drug-likeness (QED) is 0.457. The van der Waals surface area contributed by atoms with E-state index >= 15 is 0 Å². The van der Waals surface area contributed by atoms with E-state index in [0.29, 0.717) is 5.69 Å². The van der Waals surface area contributed by atoms with E-state index in [-0.39, 0.29) is 16.9 Å². The molecule has 2 aromatic carbocycles. The largest absolute Gasteiger partial charge is 0.451 e. The summed E-state index contributed by atoms with van der Waals surface area (Å²) in [7, 11) is 0. The van der Waals surface area contributed by atoms with Crippen LogP contribution in [0.2, 0.25) is 0 Å². The number of hydrogen-bond acceptors (Lipinski definition) is 6. The van der Waals surface area contributed by atoms with Crippen molar-refractivity contribution >= 4 is 11.8 Å². The topological polar surface area (TPSA) is 83.3 Å². The molecule has 0 aliphatic heterocycles. The lowest BCUT2D eigenvalue weighted by Crippen LogP contribution is -2.24. The van der Waals surface area contributed by atoms with E-state index in [4.69, 9.17) is 4.74 Å². The van der Waals surface area contributed by atoms with Gasteiger partial charge in [-0.05, 0) is 55.5 Å². The summed E-state index contributed by atoms with van der Waals surface area (Å²) in [6.45, 7) is -1.51. The van der Waals surface area contributed by atoms with Crippen molar-refractivity contribution in [1.29, 1.82) is 0 Å². The number of Topliss-reactive ketones (excluding diaryl/α,β-unsaturated/α-hetero) is 1. The Morgan fingerprint density at radius 1 is 1.00 bits per heavy atom. The lowest BCUT2D eigenvalue weighted by Gasteiger charge is -2.13. The molecular formula is C19H15F2N3O4. The van der Waals surface area contributed by atoms with Gasteiger partial charge in [0.15, 0.2) is 6.10 Å². The number of rotatable bonds is 7. The summed E-state index contributed by atoms with van der Waals surface area (Å²) in [4.78, 5) is 28.5. The Balaban J connectivity index is 1.62. The first kappa shape index (κ1) is 19.2. The smallest absolute Gasteiger partial charge is 0.387 e. The van der Waals surface area contributed by atoms with Crippen molar-refractivity contribution in [2.75, 3.05) is 0 Å². The minimum Gasteiger partial charge on any atom is -0.451 e. The maximum Gasteiger partial charge on any atom is 0.387 e. The average Bonchev–Trinajstić information content (AvgIpc) is 3.22. The molecule has 1 aromatic heterocycles. The van der Waals surface area contributed by atoms with Crippen molar-refractivity contribution in [3.05, 3.63) is 72.3 Å². The molecule has 9 heteroatoms. The third-order valence-corrected chi connectivity index (χ3v) is 3.80. The zero-order valence-electron chi connectivity index (χ0n) is 14.7. The Labute approximate surface area is 158 Å². The molecule has 1 atom stereocenters. The van der Waals surface area contributed by atoms with Crippen LogP contribution in [0.5, 0.6) is 5.75 Å². The second-order valence-corrected chi connectivity index (χ2v) is 5.70. The van der Waals surface area contributed by atoms with Crippen LogP contribution in [-0.2, 0) is 4.74 Å². The van der Waals surface area contributed by atoms with Crippen LogP contribution in [0, 0.1) is 0 Å². The molecule has 0 radical (unpaired) electrons. The summed E-state index contributed by atoms with van der Waals surface area (Å²) >= 11 is 0. The van der Waals surface area contributed by atoms with Gasteiger partial charge >= 0.3 is 12.6 Å². The van der Waals surface area contributed by atoms with E-state index in [1.165, 1.54) is 48.5 Å². The van der Waals surface area contributed by atoms with Gasteiger partial charge in [0.2, 0.25) is 5.78 Å². The molecule has 3 aromatic rings.